The van der Waals surface area contributed by atoms with Crippen LogP contribution in [0.3, 0.4) is 0 Å². The van der Waals surface area contributed by atoms with Gasteiger partial charge in [-0.25, -0.2) is 0 Å². The topological polar surface area (TPSA) is 136 Å². The molecule has 0 fully saturated rings. The lowest BCUT2D eigenvalue weighted by Crippen LogP contribution is -2.58. The lowest BCUT2D eigenvalue weighted by atomic mass is 9.98. The van der Waals surface area contributed by atoms with E-state index in [0.717, 1.165) is 33.5 Å². The van der Waals surface area contributed by atoms with Gasteiger partial charge in [-0.2, -0.15) is 5.21 Å². The third-order valence-corrected chi connectivity index (χ3v) is 7.44. The fourth-order valence-electron chi connectivity index (χ4n) is 5.09. The van der Waals surface area contributed by atoms with Crippen LogP contribution in [-0.2, 0) is 22.6 Å². The molecule has 5 rings (SSSR count). The third kappa shape index (κ3) is 6.34. The molecule has 4 aromatic rings. The number of aryl methyl sites for hydroxylation is 1. The summed E-state index contributed by atoms with van der Waals surface area (Å²) < 4.78 is 0. The molecule has 0 unspecified atom stereocenters. The lowest BCUT2D eigenvalue weighted by molar-refractivity contribution is -0.131. The van der Waals surface area contributed by atoms with E-state index < -0.39 is 11.6 Å². The molecule has 1 atom stereocenters. The Morgan fingerprint density at radius 1 is 1.05 bits per heavy atom. The van der Waals surface area contributed by atoms with Crippen molar-refractivity contribution in [1.29, 1.82) is 0 Å². The Bertz CT molecular complexity index is 1490. The molecule has 0 saturated heterocycles. The Labute approximate surface area is 239 Å². The number of hydrogen-bond donors (Lipinski definition) is 4. The number of benzene rings is 3. The van der Waals surface area contributed by atoms with Gasteiger partial charge in [0.1, 0.15) is 6.04 Å². The van der Waals surface area contributed by atoms with Gasteiger partial charge < -0.3 is 20.6 Å². The molecule has 0 saturated carbocycles. The molecular formula is C31H35N7O3. The summed E-state index contributed by atoms with van der Waals surface area (Å²) in [5.41, 5.74) is 4.87. The number of rotatable bonds is 10. The Morgan fingerprint density at radius 3 is 2.51 bits per heavy atom. The number of para-hydroxylation sites is 1. The van der Waals surface area contributed by atoms with Crippen LogP contribution in [0.4, 0.5) is 5.69 Å². The highest BCUT2D eigenvalue weighted by Crippen LogP contribution is 2.32. The number of amides is 2. The van der Waals surface area contributed by atoms with Gasteiger partial charge in [-0.15, -0.1) is 10.2 Å². The van der Waals surface area contributed by atoms with Crippen molar-refractivity contribution < 1.29 is 14.7 Å². The number of tetrazole rings is 1. The first-order valence-corrected chi connectivity index (χ1v) is 13.9. The SMILES string of the molecule is CC(C)(NCCCO)C(=O)N[C@@H]1CCc2ccccc2N(Cc2ccc(-c3ccccc3-c3nn[nH]n3)cc2)C1=O. The van der Waals surface area contributed by atoms with Crippen LogP contribution in [0.1, 0.15) is 37.8 Å². The zero-order valence-corrected chi connectivity index (χ0v) is 23.3. The van der Waals surface area contributed by atoms with Crippen LogP contribution in [0.25, 0.3) is 22.5 Å². The number of aliphatic hydroxyl groups is 1. The Morgan fingerprint density at radius 2 is 1.78 bits per heavy atom. The van der Waals surface area contributed by atoms with E-state index in [2.05, 4.69) is 31.3 Å². The fraction of sp³-hybridized carbons (Fsp3) is 0.323. The molecule has 10 heteroatoms. The fourth-order valence-corrected chi connectivity index (χ4v) is 5.09. The minimum absolute atomic E-state index is 0.0469. The number of carbonyl (C=O) groups is 2. The van der Waals surface area contributed by atoms with Crippen LogP contribution in [0.15, 0.2) is 72.8 Å². The summed E-state index contributed by atoms with van der Waals surface area (Å²) in [6.07, 6.45) is 1.73. The predicted octanol–water partition coefficient (Wildman–Crippen LogP) is 3.25. The Balaban J connectivity index is 1.37. The van der Waals surface area contributed by atoms with Crippen LogP contribution in [0, 0.1) is 0 Å². The zero-order valence-electron chi connectivity index (χ0n) is 23.3. The zero-order chi connectivity index (χ0) is 28.8. The average Bonchev–Trinajstić information content (AvgIpc) is 3.49. The van der Waals surface area contributed by atoms with Crippen molar-refractivity contribution in [2.45, 2.75) is 51.2 Å². The third-order valence-electron chi connectivity index (χ3n) is 7.44. The quantitative estimate of drug-likeness (QED) is 0.221. The van der Waals surface area contributed by atoms with Gasteiger partial charge in [0.05, 0.1) is 12.1 Å². The number of carbonyl (C=O) groups excluding carboxylic acids is 2. The number of hydrogen-bond acceptors (Lipinski definition) is 7. The Kier molecular flexibility index (Phi) is 8.51. The first-order valence-electron chi connectivity index (χ1n) is 13.9. The standard InChI is InChI=1S/C31H35N7O3/c1-31(2,32-18-7-19-39)30(41)33-26-17-16-23-8-3-6-11-27(23)38(29(26)40)20-21-12-14-22(15-13-21)24-9-4-5-10-25(24)28-34-36-37-35-28/h3-6,8-15,26,32,39H,7,16-20H2,1-2H3,(H,33,41)(H,34,35,36,37)/t26-/m1/s1. The molecule has 1 aliphatic heterocycles. The maximum atomic E-state index is 13.9. The molecule has 41 heavy (non-hydrogen) atoms. The van der Waals surface area contributed by atoms with Crippen LogP contribution in [-0.4, -0.2) is 62.3 Å². The Hall–Kier alpha value is -4.41. The summed E-state index contributed by atoms with van der Waals surface area (Å²) in [6.45, 7) is 4.48. The van der Waals surface area contributed by atoms with Crippen LogP contribution in [0.2, 0.25) is 0 Å². The van der Waals surface area contributed by atoms with Gasteiger partial charge >= 0.3 is 0 Å². The molecule has 2 amide bonds. The van der Waals surface area contributed by atoms with Crippen molar-refractivity contribution in [1.82, 2.24) is 31.3 Å². The number of nitrogens with one attached hydrogen (secondary N) is 3. The summed E-state index contributed by atoms with van der Waals surface area (Å²) in [5, 5.41) is 29.7. The molecule has 0 aliphatic carbocycles. The van der Waals surface area contributed by atoms with E-state index in [1.54, 1.807) is 18.7 Å². The van der Waals surface area contributed by atoms with Crippen molar-refractivity contribution in [3.05, 3.63) is 83.9 Å². The second kappa shape index (κ2) is 12.4. The lowest BCUT2D eigenvalue weighted by Gasteiger charge is -2.30. The number of anilines is 1. The molecule has 2 heterocycles. The van der Waals surface area contributed by atoms with Gasteiger partial charge in [-0.3, -0.25) is 9.59 Å². The number of aromatic amines is 1. The number of aromatic nitrogens is 4. The molecule has 0 radical (unpaired) electrons. The maximum absolute atomic E-state index is 13.9. The molecule has 3 aromatic carbocycles. The van der Waals surface area contributed by atoms with E-state index in [9.17, 15) is 9.59 Å². The van der Waals surface area contributed by atoms with Gasteiger partial charge in [0.2, 0.25) is 17.6 Å². The monoisotopic (exact) mass is 553 g/mol. The molecule has 0 spiro atoms. The molecule has 0 bridgehead atoms. The van der Waals surface area contributed by atoms with Crippen molar-refractivity contribution in [3.8, 4) is 22.5 Å². The van der Waals surface area contributed by atoms with E-state index in [1.165, 1.54) is 0 Å². The summed E-state index contributed by atoms with van der Waals surface area (Å²) in [7, 11) is 0. The van der Waals surface area contributed by atoms with E-state index in [4.69, 9.17) is 5.11 Å². The highest BCUT2D eigenvalue weighted by atomic mass is 16.3. The predicted molar refractivity (Wildman–Crippen MR) is 157 cm³/mol. The van der Waals surface area contributed by atoms with Gasteiger partial charge in [0.15, 0.2) is 0 Å². The summed E-state index contributed by atoms with van der Waals surface area (Å²) in [5.74, 6) is 0.140. The van der Waals surface area contributed by atoms with Gasteiger partial charge in [0.25, 0.3) is 0 Å². The molecule has 1 aromatic heterocycles. The summed E-state index contributed by atoms with van der Waals surface area (Å²) in [4.78, 5) is 28.9. The van der Waals surface area contributed by atoms with Gasteiger partial charge in [0, 0.05) is 17.9 Å². The van der Waals surface area contributed by atoms with E-state index in [-0.39, 0.29) is 18.4 Å². The number of fused-ring (bicyclic) bond motifs is 1. The molecule has 212 valence electrons. The number of aliphatic hydroxyl groups excluding tert-OH is 1. The van der Waals surface area contributed by atoms with E-state index >= 15 is 0 Å². The smallest absolute Gasteiger partial charge is 0.249 e. The van der Waals surface area contributed by atoms with Crippen LogP contribution < -0.4 is 15.5 Å². The summed E-state index contributed by atoms with van der Waals surface area (Å²) >= 11 is 0. The highest BCUT2D eigenvalue weighted by molar-refractivity contribution is 6.01. The minimum atomic E-state index is -0.882. The highest BCUT2D eigenvalue weighted by Gasteiger charge is 2.35. The van der Waals surface area contributed by atoms with Gasteiger partial charge in [-0.1, -0.05) is 66.7 Å². The summed E-state index contributed by atoms with van der Waals surface area (Å²) in [6, 6.07) is 23.2. The molecule has 1 aliphatic rings. The second-order valence-corrected chi connectivity index (χ2v) is 10.7. The van der Waals surface area contributed by atoms with Crippen molar-refractivity contribution >= 4 is 17.5 Å². The first kappa shape index (κ1) is 28.1. The average molecular weight is 554 g/mol. The van der Waals surface area contributed by atoms with Crippen molar-refractivity contribution in [2.24, 2.45) is 0 Å². The molecule has 10 nitrogen and oxygen atoms in total. The molecular weight excluding hydrogens is 518 g/mol. The first-order chi connectivity index (χ1) is 19.9. The van der Waals surface area contributed by atoms with Crippen molar-refractivity contribution in [2.75, 3.05) is 18.1 Å². The van der Waals surface area contributed by atoms with Crippen LogP contribution >= 0.6 is 0 Å². The maximum Gasteiger partial charge on any atom is 0.249 e. The normalized spacial score (nSPS) is 15.3. The van der Waals surface area contributed by atoms with Gasteiger partial charge in [-0.05, 0) is 73.2 Å². The van der Waals surface area contributed by atoms with E-state index in [1.807, 2.05) is 72.8 Å². The minimum Gasteiger partial charge on any atom is -0.396 e. The number of H-pyrrole nitrogens is 1. The van der Waals surface area contributed by atoms with Crippen molar-refractivity contribution in [3.63, 3.8) is 0 Å². The second-order valence-electron chi connectivity index (χ2n) is 10.7. The van der Waals surface area contributed by atoms with Crippen LogP contribution in [0.5, 0.6) is 0 Å². The number of nitrogens with zero attached hydrogens (tertiary/aromatic N) is 4. The molecule has 4 N–H and O–H groups in total. The largest absolute Gasteiger partial charge is 0.396 e. The van der Waals surface area contributed by atoms with E-state index in [0.29, 0.717) is 38.2 Å².